The smallest absolute Gasteiger partial charge is 0.0714 e. The Bertz CT molecular complexity index is 2110. The molecule has 2 aliphatic carbocycles. The minimum absolute atomic E-state index is 0.00645. The van der Waals surface area contributed by atoms with Crippen molar-refractivity contribution in [1.29, 1.82) is 0 Å². The summed E-state index contributed by atoms with van der Waals surface area (Å²) in [6.45, 7) is 11.9. The fourth-order valence-corrected chi connectivity index (χ4v) is 11.6. The Hall–Kier alpha value is -3.02. The van der Waals surface area contributed by atoms with Crippen LogP contribution in [-0.2, 0) is 33.1 Å². The number of ether oxygens (including phenoxy) is 2. The lowest BCUT2D eigenvalue weighted by Gasteiger charge is -2.35. The average molecular weight is 947 g/mol. The van der Waals surface area contributed by atoms with Crippen LogP contribution >= 0.6 is 31.9 Å². The number of aryl methyl sites for hydroxylation is 2. The Morgan fingerprint density at radius 1 is 0.410 bits per heavy atom. The van der Waals surface area contributed by atoms with Gasteiger partial charge in [0.25, 0.3) is 0 Å². The molecule has 0 aromatic heterocycles. The molecule has 1 unspecified atom stereocenters. The molecule has 0 radical (unpaired) electrons. The van der Waals surface area contributed by atoms with Crippen molar-refractivity contribution in [2.24, 2.45) is 0 Å². The van der Waals surface area contributed by atoms with Crippen molar-refractivity contribution in [3.63, 3.8) is 0 Å². The molecule has 5 aromatic carbocycles. The molecule has 0 saturated carbocycles. The van der Waals surface area contributed by atoms with Crippen molar-refractivity contribution in [3.8, 4) is 22.3 Å². The Morgan fingerprint density at radius 2 is 0.820 bits per heavy atom. The molecular weight excluding hydrogens is 876 g/mol. The van der Waals surface area contributed by atoms with Crippen molar-refractivity contribution in [1.82, 2.24) is 0 Å². The van der Waals surface area contributed by atoms with Gasteiger partial charge in [0.15, 0.2) is 0 Å². The molecule has 0 aliphatic heterocycles. The lowest BCUT2D eigenvalue weighted by molar-refractivity contribution is 0.145. The van der Waals surface area contributed by atoms with Crippen LogP contribution < -0.4 is 0 Å². The van der Waals surface area contributed by atoms with Gasteiger partial charge in [0, 0.05) is 40.8 Å². The van der Waals surface area contributed by atoms with Gasteiger partial charge in [-0.25, -0.2) is 0 Å². The summed E-state index contributed by atoms with van der Waals surface area (Å²) in [5.41, 5.74) is 16.4. The molecule has 0 N–H and O–H groups in total. The molecule has 0 spiro atoms. The Kier molecular flexibility index (Phi) is 16.6. The normalized spacial score (nSPS) is 15.8. The lowest BCUT2D eigenvalue weighted by atomic mass is 9.66. The van der Waals surface area contributed by atoms with E-state index in [0.29, 0.717) is 0 Å². The van der Waals surface area contributed by atoms with Gasteiger partial charge in [-0.2, -0.15) is 0 Å². The molecule has 0 bridgehead atoms. The van der Waals surface area contributed by atoms with Crippen LogP contribution in [0.2, 0.25) is 0 Å². The van der Waals surface area contributed by atoms with Gasteiger partial charge in [-0.05, 0) is 156 Å². The van der Waals surface area contributed by atoms with E-state index in [1.54, 1.807) is 11.1 Å². The predicted octanol–water partition coefficient (Wildman–Crippen LogP) is 16.9. The molecular formula is C57H70Br2O2. The van der Waals surface area contributed by atoms with E-state index in [1.807, 2.05) is 0 Å². The van der Waals surface area contributed by atoms with Crippen molar-refractivity contribution in [2.45, 2.75) is 148 Å². The number of halogens is 2. The van der Waals surface area contributed by atoms with Gasteiger partial charge in [0.05, 0.1) is 5.41 Å². The summed E-state index contributed by atoms with van der Waals surface area (Å²) in [6.07, 6.45) is 20.9. The second-order valence-electron chi connectivity index (χ2n) is 17.8. The van der Waals surface area contributed by atoms with Gasteiger partial charge in [0.2, 0.25) is 0 Å². The molecule has 61 heavy (non-hydrogen) atoms. The van der Waals surface area contributed by atoms with E-state index in [0.717, 1.165) is 56.6 Å². The highest BCUT2D eigenvalue weighted by atomic mass is 79.9. The first-order chi connectivity index (χ1) is 29.9. The summed E-state index contributed by atoms with van der Waals surface area (Å²) < 4.78 is 13.7. The highest BCUT2D eigenvalue weighted by Gasteiger charge is 2.50. The average Bonchev–Trinajstić information content (AvgIpc) is 3.70. The summed E-state index contributed by atoms with van der Waals surface area (Å²) in [5.74, 6) is 0. The molecule has 2 aliphatic rings. The summed E-state index contributed by atoms with van der Waals surface area (Å²) in [4.78, 5) is 0. The number of rotatable bonds is 25. The monoisotopic (exact) mass is 944 g/mol. The van der Waals surface area contributed by atoms with Crippen molar-refractivity contribution >= 4 is 31.9 Å². The number of hydrogen-bond donors (Lipinski definition) is 0. The van der Waals surface area contributed by atoms with Crippen LogP contribution in [0.15, 0.2) is 106 Å². The zero-order valence-corrected chi connectivity index (χ0v) is 40.8. The molecule has 4 heteroatoms. The third-order valence-electron chi connectivity index (χ3n) is 13.9. The van der Waals surface area contributed by atoms with Crippen LogP contribution in [0.5, 0.6) is 0 Å². The highest BCUT2D eigenvalue weighted by Crippen LogP contribution is 2.62. The van der Waals surface area contributed by atoms with Gasteiger partial charge in [-0.1, -0.05) is 177 Å². The fourth-order valence-electron chi connectivity index (χ4n) is 10.8. The number of unbranched alkanes of at least 4 members (excludes halogenated alkanes) is 9. The van der Waals surface area contributed by atoms with Crippen molar-refractivity contribution in [2.75, 3.05) is 26.4 Å². The van der Waals surface area contributed by atoms with Gasteiger partial charge in [0.1, 0.15) is 0 Å². The quantitative estimate of drug-likeness (QED) is 0.0533. The Morgan fingerprint density at radius 3 is 1.33 bits per heavy atom. The Balaban J connectivity index is 1.41. The molecule has 0 fully saturated rings. The minimum atomic E-state index is -0.489. The first-order valence-electron chi connectivity index (χ1n) is 24.0. The van der Waals surface area contributed by atoms with Crippen LogP contribution in [-0.4, -0.2) is 26.4 Å². The fraction of sp³-hybridized carbons (Fsp3) is 0.474. The Labute approximate surface area is 385 Å². The van der Waals surface area contributed by atoms with Gasteiger partial charge >= 0.3 is 0 Å². The zero-order valence-electron chi connectivity index (χ0n) is 37.7. The maximum Gasteiger partial charge on any atom is 0.0714 e. The third-order valence-corrected chi connectivity index (χ3v) is 14.9. The maximum atomic E-state index is 5.72. The maximum absolute atomic E-state index is 5.72. The molecule has 0 amide bonds. The number of hydrogen-bond acceptors (Lipinski definition) is 2. The van der Waals surface area contributed by atoms with Gasteiger partial charge in [-0.15, -0.1) is 0 Å². The summed E-state index contributed by atoms with van der Waals surface area (Å²) in [7, 11) is 0. The van der Waals surface area contributed by atoms with Crippen molar-refractivity contribution in [3.05, 3.63) is 151 Å². The summed E-state index contributed by atoms with van der Waals surface area (Å²) >= 11 is 7.96. The number of benzene rings is 5. The van der Waals surface area contributed by atoms with Gasteiger partial charge in [-0.3, -0.25) is 0 Å². The van der Waals surface area contributed by atoms with E-state index in [9.17, 15) is 0 Å². The molecule has 0 heterocycles. The molecule has 7 rings (SSSR count). The molecule has 5 aromatic rings. The number of fused-ring (bicyclic) bond motifs is 6. The lowest BCUT2D eigenvalue weighted by Crippen LogP contribution is -2.29. The molecule has 0 saturated heterocycles. The second kappa shape index (κ2) is 22.1. The zero-order chi connectivity index (χ0) is 42.7. The summed E-state index contributed by atoms with van der Waals surface area (Å²) in [6, 6.07) is 38.9. The predicted molar refractivity (Wildman–Crippen MR) is 266 cm³/mol. The molecule has 2 nitrogen and oxygen atoms in total. The third kappa shape index (κ3) is 9.89. The first-order valence-corrected chi connectivity index (χ1v) is 25.6. The minimum Gasteiger partial charge on any atom is -0.382 e. The highest BCUT2D eigenvalue weighted by molar-refractivity contribution is 9.10. The molecule has 1 atom stereocenters. The van der Waals surface area contributed by atoms with E-state index in [1.165, 1.54) is 144 Å². The standard InChI is InChI=1S/C57H70Br2O2/c1-5-9-11-13-15-17-35-56(34-16-14-12-10-6-2)52-38-46(58)30-32-48(52)50-41-55-51(40-53(50)56)49-33-31-47(59)39-54(49)57(55,44-26-22-42(23-27-44)20-18-36-60-7-3)45-28-24-43(25-29-45)21-19-37-61-8-4/h22-33,38-41H,5-21,34-37H2,1-4H3. The van der Waals surface area contributed by atoms with Crippen molar-refractivity contribution < 1.29 is 9.47 Å². The van der Waals surface area contributed by atoms with E-state index >= 15 is 0 Å². The van der Waals surface area contributed by atoms with Gasteiger partial charge < -0.3 is 9.47 Å². The van der Waals surface area contributed by atoms with Crippen LogP contribution in [0.25, 0.3) is 22.3 Å². The topological polar surface area (TPSA) is 18.5 Å². The second-order valence-corrected chi connectivity index (χ2v) is 19.7. The van der Waals surface area contributed by atoms with E-state index in [4.69, 9.17) is 9.47 Å². The van der Waals surface area contributed by atoms with Crippen LogP contribution in [0.4, 0.5) is 0 Å². The van der Waals surface area contributed by atoms with E-state index in [2.05, 4.69) is 157 Å². The molecule has 324 valence electrons. The first kappa shape index (κ1) is 46.0. The summed E-state index contributed by atoms with van der Waals surface area (Å²) in [5, 5.41) is 0. The SMILES string of the molecule is CCCCCCCCC1(CCCCCCC)c2cc(Br)ccc2-c2cc3c(cc21)-c1ccc(Br)cc1C3(c1ccc(CCCOCC)cc1)c1ccc(CCCOCC)cc1. The van der Waals surface area contributed by atoms with E-state index < -0.39 is 5.41 Å². The van der Waals surface area contributed by atoms with E-state index in [-0.39, 0.29) is 5.41 Å². The largest absolute Gasteiger partial charge is 0.382 e. The van der Waals surface area contributed by atoms with Crippen LogP contribution in [0.3, 0.4) is 0 Å². The van der Waals surface area contributed by atoms with Crippen LogP contribution in [0.1, 0.15) is 169 Å². The van der Waals surface area contributed by atoms with Crippen LogP contribution in [0, 0.1) is 0 Å².